The molecule has 0 aliphatic carbocycles. The number of halogens is 2. The summed E-state index contributed by atoms with van der Waals surface area (Å²) < 4.78 is 38.2. The highest BCUT2D eigenvalue weighted by atomic mass is 19.1. The number of benzene rings is 2. The van der Waals surface area contributed by atoms with E-state index >= 15 is 0 Å². The Kier molecular flexibility index (Phi) is 6.04. The van der Waals surface area contributed by atoms with Crippen molar-refractivity contribution in [1.29, 1.82) is 0 Å². The number of ether oxygens (including phenoxy) is 2. The molecule has 1 amide bonds. The van der Waals surface area contributed by atoms with E-state index in [1.807, 2.05) is 0 Å². The largest absolute Gasteiger partial charge is 0.465 e. The number of hydrogen-bond acceptors (Lipinski definition) is 4. The van der Waals surface area contributed by atoms with Gasteiger partial charge in [-0.3, -0.25) is 4.79 Å². The molecule has 7 heteroatoms. The van der Waals surface area contributed by atoms with E-state index in [-0.39, 0.29) is 11.9 Å². The highest BCUT2D eigenvalue weighted by Gasteiger charge is 2.32. The average Bonchev–Trinajstić information content (AvgIpc) is 2.66. The maximum Gasteiger partial charge on any atom is 0.337 e. The van der Waals surface area contributed by atoms with Crippen LogP contribution in [0.15, 0.2) is 42.5 Å². The molecule has 3 rings (SSSR count). The summed E-state index contributed by atoms with van der Waals surface area (Å²) >= 11 is 0. The Balaban J connectivity index is 1.92. The van der Waals surface area contributed by atoms with Crippen molar-refractivity contribution in [3.05, 3.63) is 70.8 Å². The predicted molar refractivity (Wildman–Crippen MR) is 97.5 cm³/mol. The SMILES string of the molecule is COC(=O)c1cccc([C@H]2C[C@@H](NC(C)=O)C[C@@H](c3cc(F)cc(F)c3)O2)c1. The zero-order valence-electron chi connectivity index (χ0n) is 15.6. The van der Waals surface area contributed by atoms with Gasteiger partial charge in [-0.15, -0.1) is 0 Å². The quantitative estimate of drug-likeness (QED) is 0.807. The van der Waals surface area contributed by atoms with Crippen LogP contribution in [-0.2, 0) is 14.3 Å². The van der Waals surface area contributed by atoms with Gasteiger partial charge in [-0.25, -0.2) is 13.6 Å². The number of rotatable bonds is 4. The lowest BCUT2D eigenvalue weighted by Crippen LogP contribution is -2.39. The van der Waals surface area contributed by atoms with Crippen molar-refractivity contribution in [2.75, 3.05) is 7.11 Å². The van der Waals surface area contributed by atoms with E-state index in [9.17, 15) is 18.4 Å². The van der Waals surface area contributed by atoms with Gasteiger partial charge >= 0.3 is 5.97 Å². The molecule has 0 spiro atoms. The van der Waals surface area contributed by atoms with Gasteiger partial charge in [0.1, 0.15) is 11.6 Å². The monoisotopic (exact) mass is 389 g/mol. The fraction of sp³-hybridized carbons (Fsp3) is 0.333. The summed E-state index contributed by atoms with van der Waals surface area (Å²) in [6.45, 7) is 1.42. The van der Waals surface area contributed by atoms with Crippen molar-refractivity contribution in [2.45, 2.75) is 38.0 Å². The van der Waals surface area contributed by atoms with Crippen LogP contribution in [0, 0.1) is 11.6 Å². The molecule has 2 aromatic carbocycles. The van der Waals surface area contributed by atoms with E-state index in [1.54, 1.807) is 24.3 Å². The molecule has 148 valence electrons. The molecular weight excluding hydrogens is 368 g/mol. The third kappa shape index (κ3) is 4.72. The van der Waals surface area contributed by atoms with Gasteiger partial charge in [0.15, 0.2) is 0 Å². The number of carbonyl (C=O) groups is 2. The number of methoxy groups -OCH3 is 1. The summed E-state index contributed by atoms with van der Waals surface area (Å²) in [5.41, 5.74) is 1.46. The van der Waals surface area contributed by atoms with Crippen molar-refractivity contribution in [2.24, 2.45) is 0 Å². The molecule has 1 N–H and O–H groups in total. The molecule has 0 saturated carbocycles. The number of carbonyl (C=O) groups excluding carboxylic acids is 2. The minimum atomic E-state index is -0.690. The van der Waals surface area contributed by atoms with Gasteiger partial charge in [0.2, 0.25) is 5.91 Å². The molecule has 1 aliphatic rings. The van der Waals surface area contributed by atoms with E-state index in [4.69, 9.17) is 9.47 Å². The highest BCUT2D eigenvalue weighted by Crippen LogP contribution is 2.39. The molecule has 1 aliphatic heterocycles. The second kappa shape index (κ2) is 8.48. The summed E-state index contributed by atoms with van der Waals surface area (Å²) in [7, 11) is 1.30. The van der Waals surface area contributed by atoms with Crippen molar-refractivity contribution in [3.63, 3.8) is 0 Å². The van der Waals surface area contributed by atoms with E-state index in [2.05, 4.69) is 5.32 Å². The minimum Gasteiger partial charge on any atom is -0.465 e. The Labute approximate surface area is 161 Å². The lowest BCUT2D eigenvalue weighted by molar-refractivity contribution is -0.122. The highest BCUT2D eigenvalue weighted by molar-refractivity contribution is 5.89. The molecule has 5 nitrogen and oxygen atoms in total. The molecule has 28 heavy (non-hydrogen) atoms. The Hall–Kier alpha value is -2.80. The summed E-state index contributed by atoms with van der Waals surface area (Å²) in [6, 6.07) is 9.82. The Morgan fingerprint density at radius 3 is 2.29 bits per heavy atom. The van der Waals surface area contributed by atoms with Gasteiger partial charge in [0, 0.05) is 19.0 Å². The van der Waals surface area contributed by atoms with Crippen molar-refractivity contribution in [1.82, 2.24) is 5.32 Å². The maximum atomic E-state index is 13.7. The molecule has 1 fully saturated rings. The van der Waals surface area contributed by atoms with Gasteiger partial charge in [-0.2, -0.15) is 0 Å². The standard InChI is InChI=1S/C21H21F2NO4/c1-12(25)24-18-10-19(13-4-3-5-14(6-13)21(26)27-2)28-20(11-18)15-7-16(22)9-17(23)8-15/h3-9,18-20H,10-11H2,1-2H3,(H,24,25)/t18-,19-,20+/m1/s1. The normalized spacial score (nSPS) is 21.8. The van der Waals surface area contributed by atoms with Crippen LogP contribution in [0.25, 0.3) is 0 Å². The predicted octanol–water partition coefficient (Wildman–Crippen LogP) is 3.85. The second-order valence-corrected chi connectivity index (χ2v) is 6.80. The minimum absolute atomic E-state index is 0.196. The van der Waals surface area contributed by atoms with Gasteiger partial charge in [0.05, 0.1) is 24.9 Å². The lowest BCUT2D eigenvalue weighted by Gasteiger charge is -2.36. The molecule has 2 aromatic rings. The first-order valence-electron chi connectivity index (χ1n) is 8.92. The number of hydrogen-bond donors (Lipinski definition) is 1. The smallest absolute Gasteiger partial charge is 0.337 e. The van der Waals surface area contributed by atoms with Crippen LogP contribution in [0.4, 0.5) is 8.78 Å². The van der Waals surface area contributed by atoms with Gasteiger partial charge in [-0.1, -0.05) is 12.1 Å². The van der Waals surface area contributed by atoms with Gasteiger partial charge < -0.3 is 14.8 Å². The third-order valence-electron chi connectivity index (χ3n) is 4.67. The molecule has 0 radical (unpaired) electrons. The van der Waals surface area contributed by atoms with Crippen molar-refractivity contribution >= 4 is 11.9 Å². The molecule has 1 saturated heterocycles. The first-order chi connectivity index (χ1) is 13.4. The van der Waals surface area contributed by atoms with Crippen LogP contribution in [0.3, 0.4) is 0 Å². The maximum absolute atomic E-state index is 13.7. The number of esters is 1. The Morgan fingerprint density at radius 2 is 1.68 bits per heavy atom. The van der Waals surface area contributed by atoms with Crippen LogP contribution in [0.5, 0.6) is 0 Å². The van der Waals surface area contributed by atoms with Crippen LogP contribution in [0.2, 0.25) is 0 Å². The molecule has 3 atom stereocenters. The Bertz CT molecular complexity index is 866. The van der Waals surface area contributed by atoms with Gasteiger partial charge in [0.25, 0.3) is 0 Å². The molecular formula is C21H21F2NO4. The van der Waals surface area contributed by atoms with E-state index in [0.29, 0.717) is 24.0 Å². The summed E-state index contributed by atoms with van der Waals surface area (Å²) in [5, 5.41) is 2.86. The molecule has 0 aromatic heterocycles. The molecule has 0 bridgehead atoms. The molecule has 1 heterocycles. The van der Waals surface area contributed by atoms with Crippen molar-refractivity contribution in [3.8, 4) is 0 Å². The summed E-state index contributed by atoms with van der Waals surface area (Å²) in [6.07, 6.45) is -0.220. The lowest BCUT2D eigenvalue weighted by atomic mass is 9.90. The van der Waals surface area contributed by atoms with E-state index < -0.39 is 29.8 Å². The van der Waals surface area contributed by atoms with Crippen LogP contribution in [0.1, 0.15) is 53.5 Å². The summed E-state index contributed by atoms with van der Waals surface area (Å²) in [4.78, 5) is 23.4. The first kappa shape index (κ1) is 19.9. The van der Waals surface area contributed by atoms with E-state index in [1.165, 1.54) is 26.2 Å². The van der Waals surface area contributed by atoms with Crippen LogP contribution < -0.4 is 5.32 Å². The topological polar surface area (TPSA) is 64.6 Å². The van der Waals surface area contributed by atoms with Crippen molar-refractivity contribution < 1.29 is 27.8 Å². The second-order valence-electron chi connectivity index (χ2n) is 6.80. The molecule has 0 unspecified atom stereocenters. The Morgan fingerprint density at radius 1 is 1.04 bits per heavy atom. The summed E-state index contributed by atoms with van der Waals surface area (Å²) in [5.74, 6) is -2.05. The fourth-order valence-electron chi connectivity index (χ4n) is 3.50. The van der Waals surface area contributed by atoms with Crippen LogP contribution in [-0.4, -0.2) is 25.0 Å². The third-order valence-corrected chi connectivity index (χ3v) is 4.67. The number of amides is 1. The zero-order chi connectivity index (χ0) is 20.3. The van der Waals surface area contributed by atoms with Gasteiger partial charge in [-0.05, 0) is 48.2 Å². The zero-order valence-corrected chi connectivity index (χ0v) is 15.6. The van der Waals surface area contributed by atoms with Crippen LogP contribution >= 0.6 is 0 Å². The van der Waals surface area contributed by atoms with E-state index in [0.717, 1.165) is 11.6 Å². The fourth-order valence-corrected chi connectivity index (χ4v) is 3.50. The first-order valence-corrected chi connectivity index (χ1v) is 8.92. The number of nitrogens with one attached hydrogen (secondary N) is 1. The average molecular weight is 389 g/mol.